The molecule has 2 aromatic rings. The minimum absolute atomic E-state index is 0.309. The van der Waals surface area contributed by atoms with Gasteiger partial charge in [0.15, 0.2) is 0 Å². The molecule has 0 bridgehead atoms. The van der Waals surface area contributed by atoms with Gasteiger partial charge in [0, 0.05) is 16.1 Å². The summed E-state index contributed by atoms with van der Waals surface area (Å²) in [6.07, 6.45) is 1.48. The number of nitrogens with zero attached hydrogens (tertiary/aromatic N) is 1. The first-order valence-corrected chi connectivity index (χ1v) is 7.43. The summed E-state index contributed by atoms with van der Waals surface area (Å²) < 4.78 is 0. The van der Waals surface area contributed by atoms with Gasteiger partial charge in [-0.15, -0.1) is 11.3 Å². The van der Waals surface area contributed by atoms with E-state index >= 15 is 0 Å². The molecule has 1 aromatic carbocycles. The van der Waals surface area contributed by atoms with Gasteiger partial charge < -0.3 is 11.1 Å². The Bertz CT molecular complexity index is 765. The summed E-state index contributed by atoms with van der Waals surface area (Å²) in [5, 5.41) is 8.03. The molecule has 0 aliphatic heterocycles. The molecule has 1 heterocycles. The standard InChI is InChI=1S/C15H14N4O3S/c1-9-6-7-23-12(9)8-17-19-15(22)14(21)18-11-4-2-10(3-5-11)13(16)20/h2-8H,1H3,(H2,16,20)(H,18,21)(H,19,22)/b17-8+. The number of hydrogen-bond acceptors (Lipinski definition) is 5. The minimum atomic E-state index is -0.894. The lowest BCUT2D eigenvalue weighted by Crippen LogP contribution is -2.32. The van der Waals surface area contributed by atoms with E-state index in [1.54, 1.807) is 0 Å². The second-order valence-corrected chi connectivity index (χ2v) is 5.51. The van der Waals surface area contributed by atoms with Gasteiger partial charge in [-0.1, -0.05) is 0 Å². The molecule has 4 N–H and O–H groups in total. The number of hydrazone groups is 1. The van der Waals surface area contributed by atoms with Crippen molar-refractivity contribution in [2.75, 3.05) is 5.32 Å². The second-order valence-electron chi connectivity index (χ2n) is 4.56. The van der Waals surface area contributed by atoms with Crippen LogP contribution in [0.2, 0.25) is 0 Å². The molecule has 0 radical (unpaired) electrons. The zero-order chi connectivity index (χ0) is 16.8. The molecule has 118 valence electrons. The molecular weight excluding hydrogens is 316 g/mol. The van der Waals surface area contributed by atoms with Crippen molar-refractivity contribution in [3.8, 4) is 0 Å². The first kappa shape index (κ1) is 16.4. The highest BCUT2D eigenvalue weighted by Crippen LogP contribution is 2.12. The number of rotatable bonds is 4. The number of carbonyl (C=O) groups excluding carboxylic acids is 3. The van der Waals surface area contributed by atoms with Gasteiger partial charge in [0.1, 0.15) is 0 Å². The molecule has 8 heteroatoms. The zero-order valence-corrected chi connectivity index (χ0v) is 13.0. The van der Waals surface area contributed by atoms with Crippen molar-refractivity contribution in [1.82, 2.24) is 5.43 Å². The predicted molar refractivity (Wildman–Crippen MR) is 88.4 cm³/mol. The van der Waals surface area contributed by atoms with Crippen LogP contribution in [0.1, 0.15) is 20.8 Å². The number of primary amides is 1. The Labute approximate surface area is 136 Å². The Morgan fingerprint density at radius 2 is 1.83 bits per heavy atom. The van der Waals surface area contributed by atoms with Gasteiger partial charge in [0.05, 0.1) is 6.21 Å². The fourth-order valence-electron chi connectivity index (χ4n) is 1.62. The molecule has 0 aliphatic rings. The molecular formula is C15H14N4O3S. The van der Waals surface area contributed by atoms with Crippen LogP contribution in [0, 0.1) is 6.92 Å². The number of amides is 3. The van der Waals surface area contributed by atoms with Crippen LogP contribution in [0.4, 0.5) is 5.69 Å². The molecule has 23 heavy (non-hydrogen) atoms. The predicted octanol–water partition coefficient (Wildman–Crippen LogP) is 1.24. The van der Waals surface area contributed by atoms with Gasteiger partial charge in [-0.25, -0.2) is 5.43 Å². The number of nitrogens with two attached hydrogens (primary N) is 1. The van der Waals surface area contributed by atoms with Crippen molar-refractivity contribution in [2.45, 2.75) is 6.92 Å². The van der Waals surface area contributed by atoms with Crippen LogP contribution in [-0.4, -0.2) is 23.9 Å². The average Bonchev–Trinajstić information content (AvgIpc) is 2.93. The maximum Gasteiger partial charge on any atom is 0.329 e. The summed E-state index contributed by atoms with van der Waals surface area (Å²) in [5.74, 6) is -2.33. The molecule has 0 saturated heterocycles. The summed E-state index contributed by atoms with van der Waals surface area (Å²) in [5.41, 5.74) is 8.97. The van der Waals surface area contributed by atoms with Crippen molar-refractivity contribution in [3.63, 3.8) is 0 Å². The van der Waals surface area contributed by atoms with E-state index in [-0.39, 0.29) is 0 Å². The van der Waals surface area contributed by atoms with Gasteiger partial charge in [-0.05, 0) is 48.2 Å². The lowest BCUT2D eigenvalue weighted by atomic mass is 10.2. The number of anilines is 1. The Morgan fingerprint density at radius 1 is 1.13 bits per heavy atom. The quantitative estimate of drug-likeness (QED) is 0.445. The number of hydrogen-bond donors (Lipinski definition) is 3. The molecule has 0 unspecified atom stereocenters. The van der Waals surface area contributed by atoms with Gasteiger partial charge in [-0.3, -0.25) is 14.4 Å². The Balaban J connectivity index is 1.90. The molecule has 0 fully saturated rings. The average molecular weight is 330 g/mol. The van der Waals surface area contributed by atoms with E-state index in [1.165, 1.54) is 41.8 Å². The van der Waals surface area contributed by atoms with E-state index in [4.69, 9.17) is 5.73 Å². The zero-order valence-electron chi connectivity index (χ0n) is 12.2. The Hall–Kier alpha value is -3.00. The van der Waals surface area contributed by atoms with E-state index in [2.05, 4.69) is 15.8 Å². The van der Waals surface area contributed by atoms with Crippen molar-refractivity contribution < 1.29 is 14.4 Å². The molecule has 1 aromatic heterocycles. The van der Waals surface area contributed by atoms with E-state index in [1.807, 2.05) is 18.4 Å². The largest absolute Gasteiger partial charge is 0.366 e. The van der Waals surface area contributed by atoms with Crippen molar-refractivity contribution in [3.05, 3.63) is 51.7 Å². The van der Waals surface area contributed by atoms with E-state index < -0.39 is 17.7 Å². The van der Waals surface area contributed by atoms with Gasteiger partial charge >= 0.3 is 11.8 Å². The summed E-state index contributed by atoms with van der Waals surface area (Å²) in [7, 11) is 0. The molecule has 0 aliphatic carbocycles. The number of aryl methyl sites for hydroxylation is 1. The van der Waals surface area contributed by atoms with Gasteiger partial charge in [0.25, 0.3) is 0 Å². The summed E-state index contributed by atoms with van der Waals surface area (Å²) in [6.45, 7) is 1.92. The van der Waals surface area contributed by atoms with Gasteiger partial charge in [-0.2, -0.15) is 5.10 Å². The van der Waals surface area contributed by atoms with Crippen LogP contribution in [0.5, 0.6) is 0 Å². The third kappa shape index (κ3) is 4.48. The van der Waals surface area contributed by atoms with Crippen molar-refractivity contribution >= 4 is 41.0 Å². The van der Waals surface area contributed by atoms with Crippen LogP contribution in [0.3, 0.4) is 0 Å². The van der Waals surface area contributed by atoms with Crippen LogP contribution < -0.4 is 16.5 Å². The Morgan fingerprint density at radius 3 is 2.39 bits per heavy atom. The third-order valence-corrected chi connectivity index (χ3v) is 3.84. The highest BCUT2D eigenvalue weighted by atomic mass is 32.1. The fourth-order valence-corrected chi connectivity index (χ4v) is 2.41. The summed E-state index contributed by atoms with van der Waals surface area (Å²) >= 11 is 1.48. The third-order valence-electron chi connectivity index (χ3n) is 2.88. The lowest BCUT2D eigenvalue weighted by Gasteiger charge is -2.04. The molecule has 0 atom stereocenters. The first-order chi connectivity index (χ1) is 11.0. The highest BCUT2D eigenvalue weighted by Gasteiger charge is 2.13. The highest BCUT2D eigenvalue weighted by molar-refractivity contribution is 7.11. The molecule has 3 amide bonds. The number of nitrogens with one attached hydrogen (secondary N) is 2. The van der Waals surface area contributed by atoms with E-state index in [0.717, 1.165) is 10.4 Å². The van der Waals surface area contributed by atoms with Crippen molar-refractivity contribution in [2.24, 2.45) is 10.8 Å². The van der Waals surface area contributed by atoms with Crippen LogP contribution in [-0.2, 0) is 9.59 Å². The topological polar surface area (TPSA) is 114 Å². The minimum Gasteiger partial charge on any atom is -0.366 e. The van der Waals surface area contributed by atoms with E-state index in [0.29, 0.717) is 11.3 Å². The molecule has 0 saturated carbocycles. The molecule has 2 rings (SSSR count). The molecule has 0 spiro atoms. The number of thiophene rings is 1. The van der Waals surface area contributed by atoms with Gasteiger partial charge in [0.2, 0.25) is 5.91 Å². The normalized spacial score (nSPS) is 10.5. The number of carbonyl (C=O) groups is 3. The second kappa shape index (κ2) is 7.32. The maximum absolute atomic E-state index is 11.7. The van der Waals surface area contributed by atoms with Crippen LogP contribution in [0.15, 0.2) is 40.8 Å². The summed E-state index contributed by atoms with van der Waals surface area (Å²) in [4.78, 5) is 35.2. The number of benzene rings is 1. The lowest BCUT2D eigenvalue weighted by molar-refractivity contribution is -0.136. The molecule has 7 nitrogen and oxygen atoms in total. The summed E-state index contributed by atoms with van der Waals surface area (Å²) in [6, 6.07) is 7.78. The SMILES string of the molecule is Cc1ccsc1/C=N/NC(=O)C(=O)Nc1ccc(C(N)=O)cc1. The Kier molecular flexibility index (Phi) is 5.21. The van der Waals surface area contributed by atoms with Crippen LogP contribution >= 0.6 is 11.3 Å². The van der Waals surface area contributed by atoms with Crippen LogP contribution in [0.25, 0.3) is 0 Å². The smallest absolute Gasteiger partial charge is 0.329 e. The monoisotopic (exact) mass is 330 g/mol. The fraction of sp³-hybridized carbons (Fsp3) is 0.0667. The maximum atomic E-state index is 11.7. The van der Waals surface area contributed by atoms with E-state index in [9.17, 15) is 14.4 Å². The van der Waals surface area contributed by atoms with Crippen molar-refractivity contribution in [1.29, 1.82) is 0 Å². The first-order valence-electron chi connectivity index (χ1n) is 6.55.